The molecule has 1 saturated carbocycles. The molecule has 2 nitrogen and oxygen atoms in total. The summed E-state index contributed by atoms with van der Waals surface area (Å²) in [6.45, 7) is 8.44. The van der Waals surface area contributed by atoms with E-state index in [1.807, 2.05) is 0 Å². The van der Waals surface area contributed by atoms with Gasteiger partial charge in [-0.2, -0.15) is 0 Å². The van der Waals surface area contributed by atoms with Crippen molar-refractivity contribution in [1.29, 1.82) is 0 Å². The van der Waals surface area contributed by atoms with Gasteiger partial charge in [-0.25, -0.2) is 0 Å². The van der Waals surface area contributed by atoms with Crippen LogP contribution in [0.5, 0.6) is 11.5 Å². The molecule has 1 aliphatic carbocycles. The average molecular weight is 771 g/mol. The Balaban J connectivity index is 1.14. The zero-order valence-electron chi connectivity index (χ0n) is 35.7. The lowest BCUT2D eigenvalue weighted by atomic mass is 9.77. The topological polar surface area (TPSA) is 18.5 Å². The van der Waals surface area contributed by atoms with Gasteiger partial charge >= 0.3 is 0 Å². The number of hydrogen-bond donors (Lipinski definition) is 0. The molecule has 2 aliphatic rings. The van der Waals surface area contributed by atoms with Gasteiger partial charge in [-0.1, -0.05) is 163 Å². The molecule has 1 atom stereocenters. The molecular weight excluding hydrogens is 705 g/mol. The van der Waals surface area contributed by atoms with Gasteiger partial charge in [0.25, 0.3) is 0 Å². The van der Waals surface area contributed by atoms with Crippen LogP contribution in [0.1, 0.15) is 146 Å². The summed E-state index contributed by atoms with van der Waals surface area (Å²) in [4.78, 5) is 0. The molecule has 6 aromatic rings. The van der Waals surface area contributed by atoms with E-state index in [4.69, 9.17) is 9.47 Å². The number of benzene rings is 6. The molecule has 0 amide bonds. The van der Waals surface area contributed by atoms with Crippen LogP contribution >= 0.6 is 0 Å². The quantitative estimate of drug-likeness (QED) is 0.122. The second kappa shape index (κ2) is 19.5. The van der Waals surface area contributed by atoms with Crippen molar-refractivity contribution in [1.82, 2.24) is 0 Å². The van der Waals surface area contributed by atoms with Crippen molar-refractivity contribution in [3.8, 4) is 44.9 Å². The molecule has 302 valence electrons. The van der Waals surface area contributed by atoms with Crippen LogP contribution in [0.15, 0.2) is 109 Å². The van der Waals surface area contributed by atoms with Gasteiger partial charge < -0.3 is 9.47 Å². The number of ether oxygens (including phenoxy) is 2. The van der Waals surface area contributed by atoms with Gasteiger partial charge in [0.05, 0.1) is 13.2 Å². The van der Waals surface area contributed by atoms with Crippen molar-refractivity contribution >= 4 is 21.5 Å². The van der Waals surface area contributed by atoms with Gasteiger partial charge in [-0.3, -0.25) is 0 Å². The van der Waals surface area contributed by atoms with E-state index in [2.05, 4.69) is 130 Å². The van der Waals surface area contributed by atoms with Crippen LogP contribution in [-0.2, 0) is 0 Å². The van der Waals surface area contributed by atoms with Crippen LogP contribution in [0.4, 0.5) is 0 Å². The van der Waals surface area contributed by atoms with Crippen molar-refractivity contribution in [2.45, 2.75) is 135 Å². The average Bonchev–Trinajstić information content (AvgIpc) is 3.29. The molecule has 0 unspecified atom stereocenters. The van der Waals surface area contributed by atoms with E-state index in [0.29, 0.717) is 11.8 Å². The molecule has 6 aromatic carbocycles. The number of hydrogen-bond acceptors (Lipinski definition) is 2. The second-order valence-corrected chi connectivity index (χ2v) is 17.7. The smallest absolute Gasteiger partial charge is 0.127 e. The molecule has 0 spiro atoms. The zero-order chi connectivity index (χ0) is 39.7. The molecule has 0 bridgehead atoms. The summed E-state index contributed by atoms with van der Waals surface area (Å²) in [5, 5.41) is 4.85. The highest BCUT2D eigenvalue weighted by Gasteiger charge is 2.23. The van der Waals surface area contributed by atoms with Crippen LogP contribution in [0.25, 0.3) is 54.9 Å². The molecular formula is C56H66O2. The summed E-state index contributed by atoms with van der Waals surface area (Å²) in [5.41, 5.74) is 10.3. The van der Waals surface area contributed by atoms with Gasteiger partial charge in [0, 0.05) is 11.1 Å². The summed E-state index contributed by atoms with van der Waals surface area (Å²) in [5.74, 6) is 4.12. The maximum atomic E-state index is 6.73. The summed E-state index contributed by atoms with van der Waals surface area (Å²) < 4.78 is 13.4. The summed E-state index contributed by atoms with van der Waals surface area (Å²) in [7, 11) is 0. The Hall–Kier alpha value is -4.56. The van der Waals surface area contributed by atoms with Crippen molar-refractivity contribution in [2.75, 3.05) is 13.2 Å². The maximum absolute atomic E-state index is 6.73. The van der Waals surface area contributed by atoms with Crippen LogP contribution < -0.4 is 9.47 Å². The van der Waals surface area contributed by atoms with E-state index in [1.54, 1.807) is 0 Å². The molecule has 0 radical (unpaired) electrons. The highest BCUT2D eigenvalue weighted by molar-refractivity contribution is 6.11. The van der Waals surface area contributed by atoms with E-state index in [0.717, 1.165) is 54.6 Å². The Labute approximate surface area is 349 Å². The van der Waals surface area contributed by atoms with Crippen LogP contribution in [0, 0.1) is 5.92 Å². The van der Waals surface area contributed by atoms with Gasteiger partial charge in [0.15, 0.2) is 0 Å². The van der Waals surface area contributed by atoms with Crippen LogP contribution in [0.3, 0.4) is 0 Å². The molecule has 1 fully saturated rings. The molecule has 2 heteroatoms. The van der Waals surface area contributed by atoms with Crippen molar-refractivity contribution < 1.29 is 9.47 Å². The van der Waals surface area contributed by atoms with Crippen molar-refractivity contribution in [3.63, 3.8) is 0 Å². The highest BCUT2D eigenvalue weighted by atomic mass is 16.5. The SMILES string of the molecule is CCCCCC[C@@H](C)c1ccc(-c2ccc3c4c(ccc3c2)OCCCCCCCOc2ccc3cc(-c5ccc(C6CCC(CCC)CC6)cc5)ccc3c2-4)cc1. The lowest BCUT2D eigenvalue weighted by molar-refractivity contribution is 0.298. The second-order valence-electron chi connectivity index (χ2n) is 17.7. The molecule has 0 aromatic heterocycles. The van der Waals surface area contributed by atoms with Gasteiger partial charge in [0.2, 0.25) is 0 Å². The molecule has 58 heavy (non-hydrogen) atoms. The van der Waals surface area contributed by atoms with Gasteiger partial charge in [0.1, 0.15) is 11.5 Å². The first-order valence-corrected chi connectivity index (χ1v) is 23.2. The first-order valence-electron chi connectivity index (χ1n) is 23.2. The number of fused-ring (bicyclic) bond motifs is 7. The first kappa shape index (κ1) is 40.2. The minimum atomic E-state index is 0.590. The molecule has 8 rings (SSSR count). The van der Waals surface area contributed by atoms with Gasteiger partial charge in [-0.15, -0.1) is 0 Å². The third-order valence-corrected chi connectivity index (χ3v) is 13.6. The van der Waals surface area contributed by atoms with E-state index >= 15 is 0 Å². The predicted octanol–water partition coefficient (Wildman–Crippen LogP) is 16.9. The van der Waals surface area contributed by atoms with Crippen LogP contribution in [-0.4, -0.2) is 13.2 Å². The molecule has 0 saturated heterocycles. The van der Waals surface area contributed by atoms with Gasteiger partial charge in [-0.05, 0) is 142 Å². The summed E-state index contributed by atoms with van der Waals surface area (Å²) >= 11 is 0. The number of unbranched alkanes of at least 4 members (excludes halogenated alkanes) is 3. The van der Waals surface area contributed by atoms with Crippen molar-refractivity contribution in [2.24, 2.45) is 5.92 Å². The minimum absolute atomic E-state index is 0.590. The Bertz CT molecular complexity index is 2240. The van der Waals surface area contributed by atoms with E-state index < -0.39 is 0 Å². The Morgan fingerprint density at radius 3 is 1.60 bits per heavy atom. The molecule has 1 heterocycles. The largest absolute Gasteiger partial charge is 0.493 e. The normalized spacial score (nSPS) is 18.2. The van der Waals surface area contributed by atoms with Crippen LogP contribution in [0.2, 0.25) is 0 Å². The Morgan fingerprint density at radius 1 is 0.517 bits per heavy atom. The highest BCUT2D eigenvalue weighted by Crippen LogP contribution is 2.47. The Morgan fingerprint density at radius 2 is 1.05 bits per heavy atom. The number of rotatable bonds is 11. The zero-order valence-corrected chi connectivity index (χ0v) is 35.7. The van der Waals surface area contributed by atoms with E-state index in [1.165, 1.54) is 145 Å². The third kappa shape index (κ3) is 9.33. The lowest BCUT2D eigenvalue weighted by Crippen LogP contribution is -2.13. The monoisotopic (exact) mass is 771 g/mol. The van der Waals surface area contributed by atoms with E-state index in [-0.39, 0.29) is 0 Å². The lowest BCUT2D eigenvalue weighted by Gasteiger charge is -2.28. The van der Waals surface area contributed by atoms with Crippen molar-refractivity contribution in [3.05, 3.63) is 120 Å². The minimum Gasteiger partial charge on any atom is -0.493 e. The fourth-order valence-electron chi connectivity index (χ4n) is 10.0. The maximum Gasteiger partial charge on any atom is 0.127 e. The summed E-state index contributed by atoms with van der Waals surface area (Å²) in [6, 6.07) is 41.8. The van der Waals surface area contributed by atoms with E-state index in [9.17, 15) is 0 Å². The first-order chi connectivity index (χ1) is 28.6. The molecule has 0 N–H and O–H groups in total. The summed E-state index contributed by atoms with van der Waals surface area (Å²) in [6.07, 6.45) is 20.4. The third-order valence-electron chi connectivity index (χ3n) is 13.6. The Kier molecular flexibility index (Phi) is 13.5. The molecule has 1 aliphatic heterocycles. The fourth-order valence-corrected chi connectivity index (χ4v) is 10.0. The fraction of sp³-hybridized carbons (Fsp3) is 0.429. The predicted molar refractivity (Wildman–Crippen MR) is 249 cm³/mol. The standard InChI is InChI=1S/C56H66O2/c1-4-6-7-11-15-40(3)42-20-22-45(23-21-42)47-28-32-51-49(38-47)30-34-53-55(51)56-52-33-29-48(39-50(52)31-35-54(56)58-37-13-10-8-9-12-36-57-53)46-26-24-44(25-27-46)43-18-16-41(14-5-2)17-19-43/h20-35,38-41,43H,4-19,36-37H2,1-3H3/t40-,41?,43?/m1/s1.